The Morgan fingerprint density at radius 2 is 1.55 bits per heavy atom. The zero-order chi connectivity index (χ0) is 15.4. The number of methoxy groups -OCH3 is 1. The van der Waals surface area contributed by atoms with Crippen LogP contribution in [0.1, 0.15) is 36.1 Å². The van der Waals surface area contributed by atoms with Gasteiger partial charge in [-0.25, -0.2) is 0 Å². The monoisotopic (exact) mass is 295 g/mol. The Hall–Kier alpha value is -2.13. The SMILES string of the molecule is CO[C@H](c1ccccc1)C(c1ccccc1)N1CCCC1=O. The van der Waals surface area contributed by atoms with Crippen molar-refractivity contribution in [3.63, 3.8) is 0 Å². The summed E-state index contributed by atoms with van der Waals surface area (Å²) in [6, 6.07) is 20.2. The first-order valence-corrected chi connectivity index (χ1v) is 7.73. The first-order chi connectivity index (χ1) is 10.8. The average molecular weight is 295 g/mol. The van der Waals surface area contributed by atoms with Crippen molar-refractivity contribution in [3.05, 3.63) is 71.8 Å². The van der Waals surface area contributed by atoms with Crippen LogP contribution in [0.25, 0.3) is 0 Å². The number of rotatable bonds is 5. The Morgan fingerprint density at radius 3 is 2.05 bits per heavy atom. The largest absolute Gasteiger partial charge is 0.374 e. The minimum atomic E-state index is -0.161. The topological polar surface area (TPSA) is 29.5 Å². The summed E-state index contributed by atoms with van der Waals surface area (Å²) in [7, 11) is 1.72. The van der Waals surface area contributed by atoms with Crippen LogP contribution in [-0.4, -0.2) is 24.5 Å². The minimum Gasteiger partial charge on any atom is -0.374 e. The number of benzene rings is 2. The van der Waals surface area contributed by atoms with Crippen LogP contribution in [0.4, 0.5) is 0 Å². The number of hydrogen-bond acceptors (Lipinski definition) is 2. The maximum absolute atomic E-state index is 12.3. The van der Waals surface area contributed by atoms with Gasteiger partial charge in [-0.05, 0) is 17.5 Å². The Morgan fingerprint density at radius 1 is 0.955 bits per heavy atom. The minimum absolute atomic E-state index is 0.0800. The lowest BCUT2D eigenvalue weighted by Crippen LogP contribution is -2.34. The first-order valence-electron chi connectivity index (χ1n) is 7.73. The number of amides is 1. The number of carbonyl (C=O) groups is 1. The predicted octanol–water partition coefficient (Wildman–Crippen LogP) is 3.74. The van der Waals surface area contributed by atoms with Gasteiger partial charge in [0.2, 0.25) is 5.91 Å². The number of carbonyl (C=O) groups excluding carboxylic acids is 1. The standard InChI is InChI=1S/C19H21NO2/c1-22-19(16-11-6-3-7-12-16)18(15-9-4-2-5-10-15)20-14-8-13-17(20)21/h2-7,9-12,18-19H,8,13-14H2,1H3/t18?,19-/m1/s1. The maximum Gasteiger partial charge on any atom is 0.223 e. The van der Waals surface area contributed by atoms with E-state index in [0.717, 1.165) is 24.1 Å². The van der Waals surface area contributed by atoms with Gasteiger partial charge in [-0.2, -0.15) is 0 Å². The molecule has 2 aromatic rings. The molecule has 0 bridgehead atoms. The summed E-state index contributed by atoms with van der Waals surface area (Å²) >= 11 is 0. The molecule has 1 amide bonds. The van der Waals surface area contributed by atoms with E-state index in [1.54, 1.807) is 7.11 Å². The summed E-state index contributed by atoms with van der Waals surface area (Å²) in [5, 5.41) is 0. The highest BCUT2D eigenvalue weighted by Crippen LogP contribution is 2.38. The quantitative estimate of drug-likeness (QED) is 0.841. The molecule has 0 aromatic heterocycles. The lowest BCUT2D eigenvalue weighted by Gasteiger charge is -2.34. The number of hydrogen-bond donors (Lipinski definition) is 0. The van der Waals surface area contributed by atoms with Crippen molar-refractivity contribution in [1.29, 1.82) is 0 Å². The Kier molecular flexibility index (Phi) is 4.54. The molecule has 1 aliphatic heterocycles. The first kappa shape index (κ1) is 14.8. The van der Waals surface area contributed by atoms with E-state index in [1.807, 2.05) is 41.3 Å². The van der Waals surface area contributed by atoms with Crippen LogP contribution < -0.4 is 0 Å². The third-order valence-electron chi connectivity index (χ3n) is 4.26. The lowest BCUT2D eigenvalue weighted by molar-refractivity contribution is -0.133. The molecule has 114 valence electrons. The van der Waals surface area contributed by atoms with Gasteiger partial charge in [0, 0.05) is 20.1 Å². The molecule has 0 spiro atoms. The number of likely N-dealkylation sites (tertiary alicyclic amines) is 1. The molecule has 3 heteroatoms. The molecule has 1 unspecified atom stereocenters. The molecule has 22 heavy (non-hydrogen) atoms. The van der Waals surface area contributed by atoms with E-state index >= 15 is 0 Å². The van der Waals surface area contributed by atoms with Crippen LogP contribution in [0.5, 0.6) is 0 Å². The fourth-order valence-electron chi connectivity index (χ4n) is 3.22. The second kappa shape index (κ2) is 6.75. The van der Waals surface area contributed by atoms with Crippen LogP contribution in [0.2, 0.25) is 0 Å². The van der Waals surface area contributed by atoms with Crippen LogP contribution in [0.3, 0.4) is 0 Å². The van der Waals surface area contributed by atoms with Crippen molar-refractivity contribution in [1.82, 2.24) is 4.90 Å². The zero-order valence-corrected chi connectivity index (χ0v) is 12.8. The van der Waals surface area contributed by atoms with Gasteiger partial charge in [0.1, 0.15) is 6.10 Å². The summed E-state index contributed by atoms with van der Waals surface area (Å²) in [6.07, 6.45) is 1.40. The molecular weight excluding hydrogens is 274 g/mol. The van der Waals surface area contributed by atoms with Crippen molar-refractivity contribution in [2.24, 2.45) is 0 Å². The maximum atomic E-state index is 12.3. The second-order valence-electron chi connectivity index (χ2n) is 5.61. The van der Waals surface area contributed by atoms with Gasteiger partial charge in [-0.15, -0.1) is 0 Å². The second-order valence-corrected chi connectivity index (χ2v) is 5.61. The van der Waals surface area contributed by atoms with E-state index in [1.165, 1.54) is 0 Å². The van der Waals surface area contributed by atoms with Crippen molar-refractivity contribution >= 4 is 5.91 Å². The molecule has 0 saturated carbocycles. The van der Waals surface area contributed by atoms with Gasteiger partial charge in [-0.1, -0.05) is 60.7 Å². The van der Waals surface area contributed by atoms with Crippen molar-refractivity contribution in [2.75, 3.05) is 13.7 Å². The van der Waals surface area contributed by atoms with E-state index in [0.29, 0.717) is 6.42 Å². The van der Waals surface area contributed by atoms with Crippen LogP contribution >= 0.6 is 0 Å². The van der Waals surface area contributed by atoms with Crippen molar-refractivity contribution < 1.29 is 9.53 Å². The van der Waals surface area contributed by atoms with E-state index in [9.17, 15) is 4.79 Å². The van der Waals surface area contributed by atoms with Crippen LogP contribution in [-0.2, 0) is 9.53 Å². The van der Waals surface area contributed by atoms with Gasteiger partial charge in [0.25, 0.3) is 0 Å². The molecule has 1 fully saturated rings. The summed E-state index contributed by atoms with van der Waals surface area (Å²) in [4.78, 5) is 14.3. The summed E-state index contributed by atoms with van der Waals surface area (Å²) in [6.45, 7) is 0.797. The summed E-state index contributed by atoms with van der Waals surface area (Å²) < 4.78 is 5.82. The van der Waals surface area contributed by atoms with E-state index in [2.05, 4.69) is 24.3 Å². The number of nitrogens with zero attached hydrogens (tertiary/aromatic N) is 1. The highest BCUT2D eigenvalue weighted by molar-refractivity contribution is 5.78. The highest BCUT2D eigenvalue weighted by Gasteiger charge is 2.35. The smallest absolute Gasteiger partial charge is 0.223 e. The summed E-state index contributed by atoms with van der Waals surface area (Å²) in [5.41, 5.74) is 2.21. The Labute approximate surface area is 131 Å². The van der Waals surface area contributed by atoms with Crippen LogP contribution in [0.15, 0.2) is 60.7 Å². The van der Waals surface area contributed by atoms with Crippen LogP contribution in [0, 0.1) is 0 Å². The highest BCUT2D eigenvalue weighted by atomic mass is 16.5. The third kappa shape index (κ3) is 2.90. The molecular formula is C19H21NO2. The fraction of sp³-hybridized carbons (Fsp3) is 0.316. The molecule has 1 heterocycles. The van der Waals surface area contributed by atoms with Gasteiger partial charge in [0.15, 0.2) is 0 Å². The average Bonchev–Trinajstić information content (AvgIpc) is 3.00. The molecule has 2 aromatic carbocycles. The Bertz CT molecular complexity index is 612. The fourth-order valence-corrected chi connectivity index (χ4v) is 3.22. The van der Waals surface area contributed by atoms with Gasteiger partial charge < -0.3 is 9.64 Å². The molecule has 3 rings (SSSR count). The van der Waals surface area contributed by atoms with E-state index in [-0.39, 0.29) is 18.1 Å². The zero-order valence-electron chi connectivity index (χ0n) is 12.8. The third-order valence-corrected chi connectivity index (χ3v) is 4.26. The Balaban J connectivity index is 2.02. The molecule has 3 nitrogen and oxygen atoms in total. The van der Waals surface area contributed by atoms with E-state index < -0.39 is 0 Å². The molecule has 0 aliphatic carbocycles. The number of ether oxygens (including phenoxy) is 1. The molecule has 2 atom stereocenters. The predicted molar refractivity (Wildman–Crippen MR) is 86.3 cm³/mol. The normalized spacial score (nSPS) is 17.5. The molecule has 1 aliphatic rings. The van der Waals surface area contributed by atoms with Crippen molar-refractivity contribution in [3.8, 4) is 0 Å². The molecule has 0 N–H and O–H groups in total. The van der Waals surface area contributed by atoms with Crippen molar-refractivity contribution in [2.45, 2.75) is 25.0 Å². The lowest BCUT2D eigenvalue weighted by atomic mass is 9.94. The van der Waals surface area contributed by atoms with Gasteiger partial charge in [0.05, 0.1) is 6.04 Å². The molecule has 0 radical (unpaired) electrons. The van der Waals surface area contributed by atoms with E-state index in [4.69, 9.17) is 4.74 Å². The van der Waals surface area contributed by atoms with Gasteiger partial charge >= 0.3 is 0 Å². The molecule has 1 saturated heterocycles. The van der Waals surface area contributed by atoms with Gasteiger partial charge in [-0.3, -0.25) is 4.79 Å². The summed E-state index contributed by atoms with van der Waals surface area (Å²) in [5.74, 6) is 0.215.